The van der Waals surface area contributed by atoms with Crippen LogP contribution in [-0.2, 0) is 4.74 Å². The Kier molecular flexibility index (Phi) is 8.07. The van der Waals surface area contributed by atoms with Gasteiger partial charge in [-0.3, -0.25) is 0 Å². The molecule has 3 nitrogen and oxygen atoms in total. The Bertz CT molecular complexity index is 1020. The highest BCUT2D eigenvalue weighted by molar-refractivity contribution is 5.61. The molecule has 0 aliphatic heterocycles. The third-order valence-electron chi connectivity index (χ3n) is 6.67. The first-order valence-corrected chi connectivity index (χ1v) is 12.1. The predicted molar refractivity (Wildman–Crippen MR) is 150 cm³/mol. The molecule has 0 aromatic heterocycles. The SMILES string of the molecule is C=C[N+](CCOCC[N+](C=C)(c1ccccc1)c1ccccc1)(c1ccccc1)c1ccccc1. The lowest BCUT2D eigenvalue weighted by molar-refractivity contribution is 0.118. The van der Waals surface area contributed by atoms with E-state index in [2.05, 4.69) is 110 Å². The molecular formula is C32H34N2O+2. The summed E-state index contributed by atoms with van der Waals surface area (Å²) in [5, 5.41) is 0. The van der Waals surface area contributed by atoms with Crippen LogP contribution in [0.15, 0.2) is 147 Å². The van der Waals surface area contributed by atoms with Crippen molar-refractivity contribution in [1.29, 1.82) is 0 Å². The van der Waals surface area contributed by atoms with Crippen LogP contribution in [0, 0.1) is 0 Å². The van der Waals surface area contributed by atoms with E-state index in [9.17, 15) is 0 Å². The monoisotopic (exact) mass is 462 g/mol. The highest BCUT2D eigenvalue weighted by atomic mass is 16.5. The van der Waals surface area contributed by atoms with Crippen molar-refractivity contribution in [3.8, 4) is 0 Å². The molecule has 0 amide bonds. The minimum absolute atomic E-state index is 0.528. The molecular weight excluding hydrogens is 428 g/mol. The zero-order valence-corrected chi connectivity index (χ0v) is 20.2. The van der Waals surface area contributed by atoms with E-state index in [1.165, 1.54) is 22.7 Å². The van der Waals surface area contributed by atoms with Gasteiger partial charge in [-0.05, 0) is 61.7 Å². The molecule has 0 heterocycles. The molecule has 176 valence electrons. The van der Waals surface area contributed by atoms with E-state index in [1.807, 2.05) is 36.7 Å². The molecule has 0 fully saturated rings. The van der Waals surface area contributed by atoms with Crippen LogP contribution in [0.25, 0.3) is 0 Å². The van der Waals surface area contributed by atoms with Crippen LogP contribution in [0.4, 0.5) is 22.7 Å². The number of quaternary nitrogens is 2. The maximum atomic E-state index is 6.31. The third-order valence-corrected chi connectivity index (χ3v) is 6.67. The van der Waals surface area contributed by atoms with Crippen LogP contribution >= 0.6 is 0 Å². The van der Waals surface area contributed by atoms with Crippen LogP contribution in [0.3, 0.4) is 0 Å². The van der Waals surface area contributed by atoms with Crippen molar-refractivity contribution in [2.45, 2.75) is 0 Å². The summed E-state index contributed by atoms with van der Waals surface area (Å²) in [5.41, 5.74) is 4.67. The summed E-state index contributed by atoms with van der Waals surface area (Å²) in [6.45, 7) is 11.1. The molecule has 0 spiro atoms. The second-order valence-electron chi connectivity index (χ2n) is 8.50. The minimum Gasteiger partial charge on any atom is -0.370 e. The number of ether oxygens (including phenoxy) is 1. The molecule has 4 aromatic carbocycles. The van der Waals surface area contributed by atoms with E-state index in [4.69, 9.17) is 4.74 Å². The molecule has 0 aliphatic carbocycles. The fraction of sp³-hybridized carbons (Fsp3) is 0.125. The van der Waals surface area contributed by atoms with Crippen molar-refractivity contribution >= 4 is 22.7 Å². The molecule has 3 heteroatoms. The normalized spacial score (nSPS) is 11.7. The lowest BCUT2D eigenvalue weighted by Gasteiger charge is -2.35. The fourth-order valence-corrected chi connectivity index (χ4v) is 4.71. The number of rotatable bonds is 12. The Labute approximate surface area is 209 Å². The van der Waals surface area contributed by atoms with E-state index in [0.29, 0.717) is 22.2 Å². The number of hydrogen-bond acceptors (Lipinski definition) is 1. The summed E-state index contributed by atoms with van der Waals surface area (Å²) >= 11 is 0. The Morgan fingerprint density at radius 1 is 0.457 bits per heavy atom. The van der Waals surface area contributed by atoms with Crippen molar-refractivity contribution in [2.75, 3.05) is 26.3 Å². The zero-order valence-electron chi connectivity index (χ0n) is 20.2. The Morgan fingerprint density at radius 3 is 0.943 bits per heavy atom. The Hall–Kier alpha value is -3.76. The molecule has 0 saturated heterocycles. The maximum Gasteiger partial charge on any atom is 0.142 e. The molecule has 0 unspecified atom stereocenters. The standard InChI is InChI=1S/C32H34N2O/c1-3-33(29-17-9-5-10-18-29,30-19-11-6-12-20-30)25-27-35-28-26-34(4-2,31-21-13-7-14-22-31)32-23-15-8-16-24-32/h3-24H,1-2,25-28H2/q+2. The first-order chi connectivity index (χ1) is 17.2. The summed E-state index contributed by atoms with van der Waals surface area (Å²) in [5.74, 6) is 0. The molecule has 0 N–H and O–H groups in total. The highest BCUT2D eigenvalue weighted by Crippen LogP contribution is 2.36. The quantitative estimate of drug-likeness (QED) is 0.153. The smallest absolute Gasteiger partial charge is 0.142 e. The van der Waals surface area contributed by atoms with Gasteiger partial charge in [-0.15, -0.1) is 0 Å². The van der Waals surface area contributed by atoms with Gasteiger partial charge in [0.15, 0.2) is 0 Å². The maximum absolute atomic E-state index is 6.31. The van der Waals surface area contributed by atoms with Crippen LogP contribution in [-0.4, -0.2) is 26.3 Å². The van der Waals surface area contributed by atoms with Gasteiger partial charge in [0.25, 0.3) is 0 Å². The van der Waals surface area contributed by atoms with Crippen molar-refractivity contribution in [2.24, 2.45) is 0 Å². The molecule has 0 aliphatic rings. The average molecular weight is 463 g/mol. The first kappa shape index (κ1) is 24.4. The number of benzene rings is 4. The zero-order chi connectivity index (χ0) is 24.4. The van der Waals surface area contributed by atoms with Gasteiger partial charge < -0.3 is 4.74 Å². The Balaban J connectivity index is 1.52. The average Bonchev–Trinajstić information content (AvgIpc) is 2.95. The van der Waals surface area contributed by atoms with Crippen molar-refractivity contribution in [1.82, 2.24) is 8.97 Å². The van der Waals surface area contributed by atoms with Crippen molar-refractivity contribution < 1.29 is 4.74 Å². The van der Waals surface area contributed by atoms with Gasteiger partial charge in [0.05, 0.1) is 25.6 Å². The van der Waals surface area contributed by atoms with Gasteiger partial charge in [-0.1, -0.05) is 72.8 Å². The molecule has 0 bridgehead atoms. The summed E-state index contributed by atoms with van der Waals surface area (Å²) in [4.78, 5) is 0. The summed E-state index contributed by atoms with van der Waals surface area (Å²) < 4.78 is 7.36. The first-order valence-electron chi connectivity index (χ1n) is 12.1. The molecule has 35 heavy (non-hydrogen) atoms. The summed E-state index contributed by atoms with van der Waals surface area (Å²) in [6, 6.07) is 42.0. The van der Waals surface area contributed by atoms with E-state index < -0.39 is 0 Å². The minimum atomic E-state index is 0.528. The van der Waals surface area contributed by atoms with Crippen LogP contribution in [0.5, 0.6) is 0 Å². The molecule has 0 atom stereocenters. The lowest BCUT2D eigenvalue weighted by Crippen LogP contribution is -2.43. The number of para-hydroxylation sites is 4. The molecule has 4 rings (SSSR count). The van der Waals surface area contributed by atoms with Gasteiger partial charge >= 0.3 is 0 Å². The van der Waals surface area contributed by atoms with Crippen LogP contribution in [0.1, 0.15) is 0 Å². The summed E-state index contributed by atoms with van der Waals surface area (Å²) in [7, 11) is 0. The van der Waals surface area contributed by atoms with Crippen LogP contribution in [0.2, 0.25) is 0 Å². The summed E-state index contributed by atoms with van der Waals surface area (Å²) in [6.07, 6.45) is 4.01. The largest absolute Gasteiger partial charge is 0.370 e. The molecule has 0 radical (unpaired) electrons. The van der Waals surface area contributed by atoms with Gasteiger partial charge in [0, 0.05) is 0 Å². The van der Waals surface area contributed by atoms with Gasteiger partial charge in [0.1, 0.15) is 35.8 Å². The second-order valence-corrected chi connectivity index (χ2v) is 8.50. The van der Waals surface area contributed by atoms with Gasteiger partial charge in [0.2, 0.25) is 0 Å². The van der Waals surface area contributed by atoms with Crippen molar-refractivity contribution in [3.05, 3.63) is 147 Å². The molecule has 4 aromatic rings. The van der Waals surface area contributed by atoms with E-state index in [1.54, 1.807) is 0 Å². The second kappa shape index (κ2) is 11.6. The van der Waals surface area contributed by atoms with E-state index in [-0.39, 0.29) is 0 Å². The Morgan fingerprint density at radius 2 is 0.714 bits per heavy atom. The van der Waals surface area contributed by atoms with Crippen LogP contribution < -0.4 is 8.97 Å². The topological polar surface area (TPSA) is 9.23 Å². The third kappa shape index (κ3) is 5.18. The number of hydrogen-bond donors (Lipinski definition) is 0. The highest BCUT2D eigenvalue weighted by Gasteiger charge is 2.32. The molecule has 0 saturated carbocycles. The number of nitrogens with zero attached hydrogens (tertiary/aromatic N) is 2. The van der Waals surface area contributed by atoms with Crippen molar-refractivity contribution in [3.63, 3.8) is 0 Å². The van der Waals surface area contributed by atoms with Gasteiger partial charge in [-0.2, -0.15) is 0 Å². The van der Waals surface area contributed by atoms with Gasteiger partial charge in [-0.25, -0.2) is 8.97 Å². The predicted octanol–water partition coefficient (Wildman–Crippen LogP) is 7.97. The van der Waals surface area contributed by atoms with E-state index >= 15 is 0 Å². The fourth-order valence-electron chi connectivity index (χ4n) is 4.71. The van der Waals surface area contributed by atoms with E-state index in [0.717, 1.165) is 13.1 Å². The lowest BCUT2D eigenvalue weighted by atomic mass is 10.1.